The van der Waals surface area contributed by atoms with Gasteiger partial charge in [0, 0.05) is 20.0 Å². The van der Waals surface area contributed by atoms with E-state index < -0.39 is 21.7 Å². The van der Waals surface area contributed by atoms with E-state index in [1.807, 2.05) is 60.7 Å². The van der Waals surface area contributed by atoms with Gasteiger partial charge in [-0.25, -0.2) is 27.6 Å². The molecule has 0 spiro atoms. The first-order valence-electron chi connectivity index (χ1n) is 10.8. The van der Waals surface area contributed by atoms with Gasteiger partial charge < -0.3 is 4.90 Å². The summed E-state index contributed by atoms with van der Waals surface area (Å²) >= 11 is 0. The molecule has 0 radical (unpaired) electrons. The van der Waals surface area contributed by atoms with E-state index in [0.29, 0.717) is 18.8 Å². The number of carbonyl (C=O) groups is 1. The standard InChI is InChI=1S/C25H24FN5O3S/c1-30(15-14-18-8-4-2-5-9-18)25(32)24-28-23(16-19-10-6-3-7-11-19)31(29-24)22-13-12-20(17-21(22)26)35(27,33)34/h2-13,17H,14-16H2,1H3,(H2,27,33,34). The molecule has 1 heterocycles. The van der Waals surface area contributed by atoms with Crippen LogP contribution in [-0.2, 0) is 22.9 Å². The van der Waals surface area contributed by atoms with Gasteiger partial charge in [0.25, 0.3) is 5.91 Å². The lowest BCUT2D eigenvalue weighted by Gasteiger charge is -2.15. The van der Waals surface area contributed by atoms with Crippen LogP contribution in [0.15, 0.2) is 83.8 Å². The van der Waals surface area contributed by atoms with Gasteiger partial charge in [-0.05, 0) is 35.7 Å². The van der Waals surface area contributed by atoms with Crippen LogP contribution in [-0.4, -0.2) is 47.6 Å². The highest BCUT2D eigenvalue weighted by Crippen LogP contribution is 2.20. The predicted octanol–water partition coefficient (Wildman–Crippen LogP) is 2.96. The fourth-order valence-corrected chi connectivity index (χ4v) is 4.10. The Kier molecular flexibility index (Phi) is 7.04. The van der Waals surface area contributed by atoms with E-state index in [2.05, 4.69) is 10.1 Å². The Morgan fingerprint density at radius 2 is 1.63 bits per heavy atom. The molecule has 0 fully saturated rings. The summed E-state index contributed by atoms with van der Waals surface area (Å²) in [5.74, 6) is -1.01. The highest BCUT2D eigenvalue weighted by Gasteiger charge is 2.23. The van der Waals surface area contributed by atoms with Crippen molar-refractivity contribution in [1.29, 1.82) is 0 Å². The zero-order valence-electron chi connectivity index (χ0n) is 19.0. The quantitative estimate of drug-likeness (QED) is 0.406. The van der Waals surface area contributed by atoms with E-state index >= 15 is 0 Å². The number of hydrogen-bond donors (Lipinski definition) is 1. The molecule has 8 nitrogen and oxygen atoms in total. The van der Waals surface area contributed by atoms with E-state index in [0.717, 1.165) is 17.2 Å². The molecule has 0 aliphatic carbocycles. The predicted molar refractivity (Wildman–Crippen MR) is 129 cm³/mol. The van der Waals surface area contributed by atoms with Crippen LogP contribution in [0.1, 0.15) is 27.6 Å². The van der Waals surface area contributed by atoms with E-state index in [9.17, 15) is 17.6 Å². The van der Waals surface area contributed by atoms with Gasteiger partial charge >= 0.3 is 0 Å². The van der Waals surface area contributed by atoms with Gasteiger partial charge in [-0.3, -0.25) is 4.79 Å². The van der Waals surface area contributed by atoms with Crippen LogP contribution in [0.4, 0.5) is 4.39 Å². The Labute approximate surface area is 202 Å². The van der Waals surface area contributed by atoms with E-state index in [-0.39, 0.29) is 22.8 Å². The summed E-state index contributed by atoms with van der Waals surface area (Å²) in [7, 11) is -2.42. The van der Waals surface area contributed by atoms with E-state index in [1.165, 1.54) is 21.7 Å². The van der Waals surface area contributed by atoms with E-state index in [4.69, 9.17) is 5.14 Å². The molecule has 0 unspecified atom stereocenters. The number of nitrogens with zero attached hydrogens (tertiary/aromatic N) is 4. The minimum atomic E-state index is -4.08. The van der Waals surface area contributed by atoms with Gasteiger partial charge in [0.05, 0.1) is 4.90 Å². The average molecular weight is 494 g/mol. The Balaban J connectivity index is 1.66. The second kappa shape index (κ2) is 10.2. The van der Waals surface area contributed by atoms with Gasteiger partial charge in [-0.15, -0.1) is 5.10 Å². The molecule has 0 bridgehead atoms. The minimum absolute atomic E-state index is 0.0400. The molecule has 3 aromatic carbocycles. The molecule has 0 saturated heterocycles. The number of amides is 1. The van der Waals surface area contributed by atoms with Crippen LogP contribution in [0, 0.1) is 5.82 Å². The molecule has 0 atom stereocenters. The van der Waals surface area contributed by atoms with Crippen LogP contribution in [0.2, 0.25) is 0 Å². The summed E-state index contributed by atoms with van der Waals surface area (Å²) in [6, 6.07) is 22.4. The lowest BCUT2D eigenvalue weighted by molar-refractivity contribution is 0.0784. The van der Waals surface area contributed by atoms with Crippen LogP contribution >= 0.6 is 0 Å². The van der Waals surface area contributed by atoms with Crippen LogP contribution in [0.5, 0.6) is 0 Å². The molecule has 4 aromatic rings. The zero-order chi connectivity index (χ0) is 25.0. The Morgan fingerprint density at radius 3 is 2.23 bits per heavy atom. The topological polar surface area (TPSA) is 111 Å². The molecule has 0 aliphatic rings. The largest absolute Gasteiger partial charge is 0.339 e. The van der Waals surface area contributed by atoms with Gasteiger partial charge in [0.1, 0.15) is 17.3 Å². The van der Waals surface area contributed by atoms with Gasteiger partial charge in [0.2, 0.25) is 15.8 Å². The number of carbonyl (C=O) groups excluding carboxylic acids is 1. The SMILES string of the molecule is CN(CCc1ccccc1)C(=O)c1nc(Cc2ccccc2)n(-c2ccc(S(N)(=O)=O)cc2F)n1. The third-order valence-corrected chi connectivity index (χ3v) is 6.38. The second-order valence-electron chi connectivity index (χ2n) is 8.05. The van der Waals surface area contributed by atoms with Gasteiger partial charge in [-0.1, -0.05) is 60.7 Å². The summed E-state index contributed by atoms with van der Waals surface area (Å²) in [5, 5.41) is 9.41. The van der Waals surface area contributed by atoms with Crippen molar-refractivity contribution < 1.29 is 17.6 Å². The normalized spacial score (nSPS) is 11.4. The number of aromatic nitrogens is 3. The summed E-state index contributed by atoms with van der Waals surface area (Å²) in [6.45, 7) is 0.447. The molecular formula is C25H24FN5O3S. The van der Waals surface area contributed by atoms with Crippen molar-refractivity contribution in [1.82, 2.24) is 19.7 Å². The van der Waals surface area contributed by atoms with Crippen molar-refractivity contribution in [2.75, 3.05) is 13.6 Å². The number of likely N-dealkylation sites (N-methyl/N-ethyl adjacent to an activating group) is 1. The van der Waals surface area contributed by atoms with Crippen molar-refractivity contribution >= 4 is 15.9 Å². The van der Waals surface area contributed by atoms with Crippen molar-refractivity contribution in [2.24, 2.45) is 5.14 Å². The summed E-state index contributed by atoms with van der Waals surface area (Å²) in [6.07, 6.45) is 0.940. The number of benzene rings is 3. The maximum Gasteiger partial charge on any atom is 0.293 e. The summed E-state index contributed by atoms with van der Waals surface area (Å²) in [4.78, 5) is 18.7. The maximum absolute atomic E-state index is 15.0. The maximum atomic E-state index is 15.0. The molecule has 1 aromatic heterocycles. The Bertz CT molecular complexity index is 1440. The molecule has 1 amide bonds. The lowest BCUT2D eigenvalue weighted by Crippen LogP contribution is -2.29. The molecular weight excluding hydrogens is 469 g/mol. The Morgan fingerprint density at radius 1 is 1.00 bits per heavy atom. The first-order valence-corrected chi connectivity index (χ1v) is 12.4. The van der Waals surface area contributed by atoms with Crippen LogP contribution in [0.3, 0.4) is 0 Å². The number of sulfonamides is 1. The zero-order valence-corrected chi connectivity index (χ0v) is 19.8. The van der Waals surface area contributed by atoms with Gasteiger partial charge in [-0.2, -0.15) is 0 Å². The number of primary sulfonamides is 1. The molecule has 10 heteroatoms. The molecule has 0 aliphatic heterocycles. The van der Waals surface area contributed by atoms with Crippen molar-refractivity contribution in [3.8, 4) is 5.69 Å². The minimum Gasteiger partial charge on any atom is -0.339 e. The van der Waals surface area contributed by atoms with Crippen molar-refractivity contribution in [3.63, 3.8) is 0 Å². The van der Waals surface area contributed by atoms with Crippen LogP contribution < -0.4 is 5.14 Å². The fraction of sp³-hybridized carbons (Fsp3) is 0.160. The third-order valence-electron chi connectivity index (χ3n) is 5.47. The third kappa shape index (κ3) is 5.79. The lowest BCUT2D eigenvalue weighted by atomic mass is 10.1. The van der Waals surface area contributed by atoms with E-state index in [1.54, 1.807) is 7.05 Å². The Hall–Kier alpha value is -3.89. The molecule has 2 N–H and O–H groups in total. The molecule has 35 heavy (non-hydrogen) atoms. The van der Waals surface area contributed by atoms with Crippen LogP contribution in [0.25, 0.3) is 5.69 Å². The molecule has 0 saturated carbocycles. The molecule has 180 valence electrons. The average Bonchev–Trinajstić information content (AvgIpc) is 3.26. The summed E-state index contributed by atoms with van der Waals surface area (Å²) in [5.41, 5.74) is 1.94. The number of nitrogens with two attached hydrogens (primary N) is 1. The first kappa shape index (κ1) is 24.2. The number of hydrogen-bond acceptors (Lipinski definition) is 5. The van der Waals surface area contributed by atoms with Gasteiger partial charge in [0.15, 0.2) is 0 Å². The summed E-state index contributed by atoms with van der Waals surface area (Å²) < 4.78 is 39.4. The second-order valence-corrected chi connectivity index (χ2v) is 9.61. The fourth-order valence-electron chi connectivity index (χ4n) is 3.57. The monoisotopic (exact) mass is 493 g/mol. The highest BCUT2D eigenvalue weighted by molar-refractivity contribution is 7.89. The van der Waals surface area contributed by atoms with Crippen molar-refractivity contribution in [3.05, 3.63) is 107 Å². The smallest absolute Gasteiger partial charge is 0.293 e. The highest BCUT2D eigenvalue weighted by atomic mass is 32.2. The number of rotatable bonds is 8. The number of halogens is 1. The van der Waals surface area contributed by atoms with Crippen molar-refractivity contribution in [2.45, 2.75) is 17.7 Å². The molecule has 4 rings (SSSR count). The first-order chi connectivity index (χ1) is 16.7.